The molecule has 4 N–H and O–H groups in total. The molecule has 0 heterocycles. The van der Waals surface area contributed by atoms with Crippen LogP contribution in [0, 0.1) is 94.7 Å². The van der Waals surface area contributed by atoms with E-state index in [1.807, 2.05) is 0 Å². The second-order valence-electron chi connectivity index (χ2n) is 32.4. The van der Waals surface area contributed by atoms with Crippen LogP contribution in [-0.4, -0.2) is 46.3 Å². The Labute approximate surface area is 520 Å². The Hall–Kier alpha value is -1.14. The molecule has 6 heteroatoms. The van der Waals surface area contributed by atoms with E-state index in [0.717, 1.165) is 123 Å². The number of rotatable bonds is 33. The zero-order chi connectivity index (χ0) is 58.9. The summed E-state index contributed by atoms with van der Waals surface area (Å²) in [5.41, 5.74) is 0. The smallest absolute Gasteiger partial charge is 0.222 e. The second kappa shape index (κ2) is 37.9. The van der Waals surface area contributed by atoms with E-state index in [9.17, 15) is 19.8 Å². The van der Waals surface area contributed by atoms with Crippen LogP contribution in [0.1, 0.15) is 362 Å². The van der Waals surface area contributed by atoms with Crippen molar-refractivity contribution in [3.8, 4) is 0 Å². The van der Waals surface area contributed by atoms with E-state index in [-0.39, 0.29) is 36.7 Å². The zero-order valence-corrected chi connectivity index (χ0v) is 56.0. The summed E-state index contributed by atoms with van der Waals surface area (Å²) < 4.78 is 0. The lowest BCUT2D eigenvalue weighted by Gasteiger charge is -2.50. The molecule has 0 radical (unpaired) electrons. The molecule has 8 saturated carbocycles. The Morgan fingerprint density at radius 1 is 0.321 bits per heavy atom. The van der Waals surface area contributed by atoms with Gasteiger partial charge in [-0.15, -0.1) is 0 Å². The van der Waals surface area contributed by atoms with Gasteiger partial charge in [0.15, 0.2) is 0 Å². The number of unbranched alkanes of at least 4 members (excludes halogenated alkanes) is 16. The van der Waals surface area contributed by atoms with Gasteiger partial charge in [-0.05, 0) is 268 Å². The number of aliphatic hydroxyl groups excluding tert-OH is 2. The Balaban J connectivity index is 0.762. The third-order valence-corrected chi connectivity index (χ3v) is 26.7. The number of aliphatic hydroxyl groups is 2. The average Bonchev–Trinajstić information content (AvgIpc) is 3.57. The molecule has 0 aromatic heterocycles. The summed E-state index contributed by atoms with van der Waals surface area (Å²) in [5, 5.41) is 29.2. The van der Waals surface area contributed by atoms with Crippen LogP contribution in [0.3, 0.4) is 0 Å². The second-order valence-corrected chi connectivity index (χ2v) is 32.4. The molecule has 0 aromatic rings. The summed E-state index contributed by atoms with van der Waals surface area (Å²) in [6.07, 6.45) is 66.9. The monoisotopic (exact) mass is 1170 g/mol. The predicted octanol–water partition coefficient (Wildman–Crippen LogP) is 21.0. The number of carbonyl (C=O) groups is 2. The molecule has 0 bridgehead atoms. The molecular weight excluding hydrogens is 1030 g/mol. The SMILES string of the molecule is CCCCCCCCCCC[C@H](O)CC(=O)NC1CC(C2CC(C3CCC(C4CCC(C5CCC(C6CCC(C7CCC(C8CCCCC8)CC7)CC6)CC5)CC4)CC3)C(C)CC2NC(=O)C[C@@H](O)CCCCCCCCCCC)CCC1C. The Morgan fingerprint density at radius 3 is 1.00 bits per heavy atom. The van der Waals surface area contributed by atoms with E-state index in [1.165, 1.54) is 167 Å². The van der Waals surface area contributed by atoms with Gasteiger partial charge in [-0.2, -0.15) is 0 Å². The van der Waals surface area contributed by atoms with Crippen LogP contribution < -0.4 is 10.6 Å². The Kier molecular flexibility index (Phi) is 31.0. The first-order chi connectivity index (χ1) is 41.0. The number of nitrogens with one attached hydrogen (secondary N) is 2. The molecule has 2 amide bonds. The largest absolute Gasteiger partial charge is 0.393 e. The molecule has 0 aromatic carbocycles. The fourth-order valence-corrected chi connectivity index (χ4v) is 21.3. The fraction of sp³-hybridized carbons (Fsp3) is 0.974. The molecule has 0 spiro atoms. The van der Waals surface area contributed by atoms with Crippen molar-refractivity contribution < 1.29 is 19.8 Å². The quantitative estimate of drug-likeness (QED) is 0.0492. The van der Waals surface area contributed by atoms with E-state index >= 15 is 0 Å². The number of hydrogen-bond donors (Lipinski definition) is 4. The van der Waals surface area contributed by atoms with E-state index < -0.39 is 12.2 Å². The minimum absolute atomic E-state index is 0.0165. The highest BCUT2D eigenvalue weighted by molar-refractivity contribution is 5.77. The van der Waals surface area contributed by atoms with Gasteiger partial charge in [-0.3, -0.25) is 9.59 Å². The average molecular weight is 1170 g/mol. The summed E-state index contributed by atoms with van der Waals surface area (Å²) in [7, 11) is 0. The van der Waals surface area contributed by atoms with Crippen LogP contribution in [-0.2, 0) is 9.59 Å². The first-order valence-corrected chi connectivity index (χ1v) is 39.0. The van der Waals surface area contributed by atoms with Crippen molar-refractivity contribution in [3.05, 3.63) is 0 Å². The first-order valence-electron chi connectivity index (χ1n) is 39.0. The summed E-state index contributed by atoms with van der Waals surface area (Å²) in [4.78, 5) is 27.6. The lowest BCUT2D eigenvalue weighted by molar-refractivity contribution is -0.125. The third kappa shape index (κ3) is 22.4. The normalized spacial score (nSPS) is 36.4. The lowest BCUT2D eigenvalue weighted by Crippen LogP contribution is -2.53. The van der Waals surface area contributed by atoms with Gasteiger partial charge in [0.25, 0.3) is 0 Å². The molecule has 0 saturated heterocycles. The van der Waals surface area contributed by atoms with E-state index in [4.69, 9.17) is 0 Å². The van der Waals surface area contributed by atoms with Crippen molar-refractivity contribution in [3.63, 3.8) is 0 Å². The zero-order valence-electron chi connectivity index (χ0n) is 56.0. The topological polar surface area (TPSA) is 98.7 Å². The molecule has 9 atom stereocenters. The van der Waals surface area contributed by atoms with Crippen LogP contribution in [0.4, 0.5) is 0 Å². The standard InChI is InChI=1S/C78H140N2O4/c1-5-7-9-11-13-15-17-19-24-28-71(81)54-77(83)79-75-53-70(31-30-57(75)3)74-56-73(58(4)52-76(74)80-78(84)55-72(82)29-25-20-18-16-14-12-10-8-6-2)69-50-48-68(49-51-69)67-46-44-66(45-47-67)65-42-40-64(41-43-65)63-38-36-62(37-39-63)61-34-32-60(33-35-61)59-26-22-21-23-27-59/h57-76,81-82H,5-56H2,1-4H3,(H,79,83)(H,80,84)/t57?,58?,60?,61?,62?,63?,64?,65?,66?,67?,68?,69?,70?,71-,72-,73?,74?,75?,76?/m0/s1. The summed E-state index contributed by atoms with van der Waals surface area (Å²) in [5.74, 6) is 13.7. The third-order valence-electron chi connectivity index (χ3n) is 26.7. The van der Waals surface area contributed by atoms with Crippen molar-refractivity contribution in [2.45, 2.75) is 386 Å². The van der Waals surface area contributed by atoms with Gasteiger partial charge in [0.05, 0.1) is 25.0 Å². The predicted molar refractivity (Wildman–Crippen MR) is 354 cm³/mol. The Bertz CT molecular complexity index is 1740. The molecule has 0 aliphatic heterocycles. The van der Waals surface area contributed by atoms with Crippen LogP contribution in [0.2, 0.25) is 0 Å². The highest BCUT2D eigenvalue weighted by Crippen LogP contribution is 2.53. The minimum atomic E-state index is -0.567. The molecule has 8 fully saturated rings. The lowest BCUT2D eigenvalue weighted by atomic mass is 9.58. The van der Waals surface area contributed by atoms with E-state index in [1.54, 1.807) is 89.9 Å². The van der Waals surface area contributed by atoms with Crippen molar-refractivity contribution in [2.24, 2.45) is 94.7 Å². The first kappa shape index (κ1) is 68.8. The summed E-state index contributed by atoms with van der Waals surface area (Å²) >= 11 is 0. The van der Waals surface area contributed by atoms with Gasteiger partial charge in [0.2, 0.25) is 11.8 Å². The van der Waals surface area contributed by atoms with Gasteiger partial charge >= 0.3 is 0 Å². The van der Waals surface area contributed by atoms with Crippen LogP contribution in [0.15, 0.2) is 0 Å². The minimum Gasteiger partial charge on any atom is -0.393 e. The van der Waals surface area contributed by atoms with Crippen LogP contribution in [0.25, 0.3) is 0 Å². The molecule has 6 nitrogen and oxygen atoms in total. The number of hydrogen-bond acceptors (Lipinski definition) is 4. The fourth-order valence-electron chi connectivity index (χ4n) is 21.3. The maximum Gasteiger partial charge on any atom is 0.222 e. The van der Waals surface area contributed by atoms with E-state index in [2.05, 4.69) is 38.3 Å². The highest BCUT2D eigenvalue weighted by atomic mass is 16.3. The van der Waals surface area contributed by atoms with Crippen molar-refractivity contribution in [1.82, 2.24) is 10.6 Å². The molecule has 8 rings (SSSR count). The molecule has 8 aliphatic carbocycles. The Morgan fingerprint density at radius 2 is 0.631 bits per heavy atom. The number of amides is 2. The van der Waals surface area contributed by atoms with Crippen molar-refractivity contribution in [2.75, 3.05) is 0 Å². The van der Waals surface area contributed by atoms with Gasteiger partial charge in [0.1, 0.15) is 0 Å². The van der Waals surface area contributed by atoms with Gasteiger partial charge in [0, 0.05) is 12.1 Å². The van der Waals surface area contributed by atoms with Crippen molar-refractivity contribution >= 4 is 11.8 Å². The summed E-state index contributed by atoms with van der Waals surface area (Å²) in [6, 6.07) is 0.242. The molecule has 7 unspecified atom stereocenters. The van der Waals surface area contributed by atoms with E-state index in [0.29, 0.717) is 36.0 Å². The van der Waals surface area contributed by atoms with Crippen molar-refractivity contribution in [1.29, 1.82) is 0 Å². The van der Waals surface area contributed by atoms with Gasteiger partial charge < -0.3 is 20.8 Å². The maximum atomic E-state index is 13.9. The van der Waals surface area contributed by atoms with Crippen LogP contribution in [0.5, 0.6) is 0 Å². The van der Waals surface area contributed by atoms with Gasteiger partial charge in [-0.25, -0.2) is 0 Å². The molecule has 8 aliphatic rings. The molecule has 486 valence electrons. The van der Waals surface area contributed by atoms with Gasteiger partial charge in [-0.1, -0.05) is 175 Å². The maximum absolute atomic E-state index is 13.9. The summed E-state index contributed by atoms with van der Waals surface area (Å²) in [6.45, 7) is 9.38. The number of carbonyl (C=O) groups excluding carboxylic acids is 2. The highest BCUT2D eigenvalue weighted by Gasteiger charge is 2.46. The van der Waals surface area contributed by atoms with Crippen LogP contribution >= 0.6 is 0 Å². The molecule has 84 heavy (non-hydrogen) atoms. The molecular formula is C78H140N2O4.